The highest BCUT2D eigenvalue weighted by Crippen LogP contribution is 2.29. The highest BCUT2D eigenvalue weighted by molar-refractivity contribution is 7.22. The summed E-state index contributed by atoms with van der Waals surface area (Å²) in [6.45, 7) is 3.74. The number of amides is 1. The Balaban J connectivity index is 1.21. The van der Waals surface area contributed by atoms with Crippen molar-refractivity contribution >= 4 is 38.4 Å². The molecular formula is C21H23N5OS. The molecule has 1 saturated heterocycles. The number of piperidine rings is 1. The summed E-state index contributed by atoms with van der Waals surface area (Å²) < 4.78 is 1.11. The van der Waals surface area contributed by atoms with E-state index < -0.39 is 0 Å². The van der Waals surface area contributed by atoms with Gasteiger partial charge in [0.25, 0.3) is 0 Å². The summed E-state index contributed by atoms with van der Waals surface area (Å²) in [7, 11) is 0. The molecule has 1 N–H and O–H groups in total. The van der Waals surface area contributed by atoms with Crippen molar-refractivity contribution in [2.75, 3.05) is 23.3 Å². The van der Waals surface area contributed by atoms with Gasteiger partial charge in [-0.25, -0.2) is 4.98 Å². The quantitative estimate of drug-likeness (QED) is 0.734. The summed E-state index contributed by atoms with van der Waals surface area (Å²) in [6, 6.07) is 8.36. The molecule has 2 aliphatic rings. The Kier molecular flexibility index (Phi) is 4.47. The average molecular weight is 394 g/mol. The van der Waals surface area contributed by atoms with Gasteiger partial charge in [-0.05, 0) is 68.4 Å². The number of hydrogen-bond acceptors (Lipinski definition) is 6. The van der Waals surface area contributed by atoms with Crippen LogP contribution in [0.15, 0.2) is 24.3 Å². The molecule has 0 unspecified atom stereocenters. The third kappa shape index (κ3) is 3.35. The lowest BCUT2D eigenvalue weighted by atomic mass is 9.96. The van der Waals surface area contributed by atoms with Gasteiger partial charge in [0.05, 0.1) is 15.9 Å². The van der Waals surface area contributed by atoms with Crippen LogP contribution in [0.2, 0.25) is 0 Å². The lowest BCUT2D eigenvalue weighted by molar-refractivity contribution is -0.120. The third-order valence-electron chi connectivity index (χ3n) is 5.77. The number of aromatic nitrogens is 3. The topological polar surface area (TPSA) is 71.0 Å². The molecular weight excluding hydrogens is 370 g/mol. The van der Waals surface area contributed by atoms with E-state index in [1.807, 2.05) is 12.1 Å². The third-order valence-corrected chi connectivity index (χ3v) is 6.70. The number of benzene rings is 1. The van der Waals surface area contributed by atoms with Crippen molar-refractivity contribution in [1.29, 1.82) is 0 Å². The van der Waals surface area contributed by atoms with Crippen LogP contribution in [0.4, 0.5) is 10.9 Å². The Morgan fingerprint density at radius 2 is 2.04 bits per heavy atom. The van der Waals surface area contributed by atoms with Crippen molar-refractivity contribution in [2.24, 2.45) is 5.92 Å². The molecule has 1 aliphatic heterocycles. The molecule has 7 heteroatoms. The summed E-state index contributed by atoms with van der Waals surface area (Å²) >= 11 is 1.54. The van der Waals surface area contributed by atoms with Crippen molar-refractivity contribution in [1.82, 2.24) is 15.2 Å². The highest BCUT2D eigenvalue weighted by Gasteiger charge is 2.27. The first kappa shape index (κ1) is 17.6. The van der Waals surface area contributed by atoms with Crippen LogP contribution in [0.1, 0.15) is 36.1 Å². The van der Waals surface area contributed by atoms with E-state index in [1.165, 1.54) is 17.5 Å². The van der Waals surface area contributed by atoms with Crippen LogP contribution in [0, 0.1) is 12.8 Å². The van der Waals surface area contributed by atoms with E-state index in [4.69, 9.17) is 0 Å². The van der Waals surface area contributed by atoms with Crippen LogP contribution in [-0.2, 0) is 17.6 Å². The van der Waals surface area contributed by atoms with Gasteiger partial charge in [-0.15, -0.1) is 5.10 Å². The van der Waals surface area contributed by atoms with Gasteiger partial charge in [0, 0.05) is 19.0 Å². The molecule has 0 atom stereocenters. The summed E-state index contributed by atoms with van der Waals surface area (Å²) in [4.78, 5) is 19.5. The van der Waals surface area contributed by atoms with Crippen LogP contribution < -0.4 is 10.2 Å². The molecule has 5 rings (SSSR count). The van der Waals surface area contributed by atoms with Gasteiger partial charge in [0.1, 0.15) is 0 Å². The first-order valence-corrected chi connectivity index (χ1v) is 10.8. The number of nitrogens with zero attached hydrogens (tertiary/aromatic N) is 4. The standard InChI is InChI=1S/C21H23N5OS/c1-13-5-6-17-18(11-13)28-21(22-17)23-20(27)14-7-9-26(10-8-14)19-12-15-3-2-4-16(15)24-25-19/h5-6,11-12,14H,2-4,7-10H2,1H3,(H,22,23,27). The zero-order valence-electron chi connectivity index (χ0n) is 15.9. The molecule has 0 spiro atoms. The van der Waals surface area contributed by atoms with Gasteiger partial charge < -0.3 is 10.2 Å². The molecule has 2 aromatic heterocycles. The zero-order chi connectivity index (χ0) is 19.1. The molecule has 6 nitrogen and oxygen atoms in total. The predicted octanol–water partition coefficient (Wildman–Crippen LogP) is 3.74. The van der Waals surface area contributed by atoms with E-state index in [-0.39, 0.29) is 11.8 Å². The Morgan fingerprint density at radius 1 is 1.18 bits per heavy atom. The second-order valence-electron chi connectivity index (χ2n) is 7.77. The molecule has 1 aromatic carbocycles. The molecule has 0 radical (unpaired) electrons. The first-order chi connectivity index (χ1) is 13.7. The van der Waals surface area contributed by atoms with E-state index in [9.17, 15) is 4.79 Å². The van der Waals surface area contributed by atoms with E-state index in [1.54, 1.807) is 11.3 Å². The number of hydrogen-bond donors (Lipinski definition) is 1. The lowest BCUT2D eigenvalue weighted by Gasteiger charge is -2.31. The van der Waals surface area contributed by atoms with E-state index in [0.717, 1.165) is 60.5 Å². The normalized spacial score (nSPS) is 17.1. The summed E-state index contributed by atoms with van der Waals surface area (Å²) in [6.07, 6.45) is 5.00. The SMILES string of the molecule is Cc1ccc2nc(NC(=O)C3CCN(c4cc5c(nn4)CCC5)CC3)sc2c1. The monoisotopic (exact) mass is 393 g/mol. The maximum absolute atomic E-state index is 12.7. The lowest BCUT2D eigenvalue weighted by Crippen LogP contribution is -2.38. The number of nitrogens with one attached hydrogen (secondary N) is 1. The first-order valence-electron chi connectivity index (χ1n) is 9.94. The van der Waals surface area contributed by atoms with Crippen LogP contribution in [0.3, 0.4) is 0 Å². The molecule has 28 heavy (non-hydrogen) atoms. The molecule has 3 aromatic rings. The van der Waals surface area contributed by atoms with Crippen LogP contribution in [0.25, 0.3) is 10.2 Å². The molecule has 1 fully saturated rings. The molecule has 144 valence electrons. The summed E-state index contributed by atoms with van der Waals surface area (Å²) in [5, 5.41) is 12.5. The van der Waals surface area contributed by atoms with Crippen molar-refractivity contribution in [3.63, 3.8) is 0 Å². The fourth-order valence-electron chi connectivity index (χ4n) is 4.14. The predicted molar refractivity (Wildman–Crippen MR) is 112 cm³/mol. The Labute approximate surface area is 168 Å². The van der Waals surface area contributed by atoms with E-state index >= 15 is 0 Å². The number of anilines is 2. The van der Waals surface area contributed by atoms with Crippen molar-refractivity contribution < 1.29 is 4.79 Å². The molecule has 1 aliphatic carbocycles. The number of carbonyl (C=O) groups is 1. The highest BCUT2D eigenvalue weighted by atomic mass is 32.1. The smallest absolute Gasteiger partial charge is 0.229 e. The Bertz CT molecular complexity index is 1040. The maximum Gasteiger partial charge on any atom is 0.229 e. The van der Waals surface area contributed by atoms with Gasteiger partial charge >= 0.3 is 0 Å². The summed E-state index contributed by atoms with van der Waals surface area (Å²) in [5.74, 6) is 1.06. The van der Waals surface area contributed by atoms with Crippen molar-refractivity contribution in [3.05, 3.63) is 41.1 Å². The minimum Gasteiger partial charge on any atom is -0.355 e. The Hall–Kier alpha value is -2.54. The summed E-state index contributed by atoms with van der Waals surface area (Å²) in [5.41, 5.74) is 4.65. The second-order valence-corrected chi connectivity index (χ2v) is 8.80. The Morgan fingerprint density at radius 3 is 2.89 bits per heavy atom. The van der Waals surface area contributed by atoms with Crippen LogP contribution in [0.5, 0.6) is 0 Å². The fraction of sp³-hybridized carbons (Fsp3) is 0.429. The second kappa shape index (κ2) is 7.13. The zero-order valence-corrected chi connectivity index (χ0v) is 16.8. The maximum atomic E-state index is 12.7. The number of fused-ring (bicyclic) bond motifs is 2. The van der Waals surface area contributed by atoms with Gasteiger partial charge in [-0.2, -0.15) is 5.10 Å². The average Bonchev–Trinajstić information content (AvgIpc) is 3.33. The number of rotatable bonds is 3. The molecule has 0 saturated carbocycles. The van der Waals surface area contributed by atoms with E-state index in [0.29, 0.717) is 5.13 Å². The van der Waals surface area contributed by atoms with Gasteiger partial charge in [-0.3, -0.25) is 4.79 Å². The van der Waals surface area contributed by atoms with Gasteiger partial charge in [0.15, 0.2) is 10.9 Å². The van der Waals surface area contributed by atoms with E-state index in [2.05, 4.69) is 44.5 Å². The molecule has 1 amide bonds. The van der Waals surface area contributed by atoms with Gasteiger partial charge in [-0.1, -0.05) is 17.4 Å². The minimum absolute atomic E-state index is 0.0207. The minimum atomic E-state index is 0.0207. The van der Waals surface area contributed by atoms with Crippen molar-refractivity contribution in [2.45, 2.75) is 39.0 Å². The largest absolute Gasteiger partial charge is 0.355 e. The van der Waals surface area contributed by atoms with Gasteiger partial charge in [0.2, 0.25) is 5.91 Å². The van der Waals surface area contributed by atoms with Crippen molar-refractivity contribution in [3.8, 4) is 0 Å². The van der Waals surface area contributed by atoms with Crippen LogP contribution >= 0.6 is 11.3 Å². The fourth-order valence-corrected chi connectivity index (χ4v) is 5.10. The number of aryl methyl sites for hydroxylation is 3. The molecule has 0 bridgehead atoms. The molecule has 3 heterocycles. The number of thiazole rings is 1. The van der Waals surface area contributed by atoms with Crippen LogP contribution in [-0.4, -0.2) is 34.2 Å². The number of carbonyl (C=O) groups excluding carboxylic acids is 1.